The van der Waals surface area contributed by atoms with Crippen LogP contribution in [0.3, 0.4) is 0 Å². The number of benzene rings is 1. The van der Waals surface area contributed by atoms with E-state index in [1.165, 1.54) is 11.3 Å². The molecule has 96 valence electrons. The van der Waals surface area contributed by atoms with Gasteiger partial charge in [-0.15, -0.1) is 11.3 Å². The molecule has 1 heterocycles. The Bertz CT molecular complexity index is 468. The van der Waals surface area contributed by atoms with E-state index in [1.807, 2.05) is 5.51 Å². The Labute approximate surface area is 112 Å². The highest BCUT2D eigenvalue weighted by molar-refractivity contribution is 7.07. The van der Waals surface area contributed by atoms with E-state index in [1.54, 1.807) is 11.3 Å². The first-order chi connectivity index (χ1) is 8.74. The summed E-state index contributed by atoms with van der Waals surface area (Å²) in [5.74, 6) is 0. The molecule has 1 aromatic heterocycles. The van der Waals surface area contributed by atoms with Crippen LogP contribution in [0.2, 0.25) is 0 Å². The second-order valence-corrected chi connectivity index (χ2v) is 5.23. The Kier molecular flexibility index (Phi) is 4.73. The Hall–Kier alpha value is -1.39. The fourth-order valence-electron chi connectivity index (χ4n) is 1.82. The summed E-state index contributed by atoms with van der Waals surface area (Å²) in [6.07, 6.45) is 0. The second-order valence-electron chi connectivity index (χ2n) is 4.51. The number of nitrogens with zero attached hydrogens (tertiary/aromatic N) is 2. The normalized spacial score (nSPS) is 10.8. The lowest BCUT2D eigenvalue weighted by molar-refractivity contribution is 0.336. The van der Waals surface area contributed by atoms with Gasteiger partial charge in [-0.1, -0.05) is 12.1 Å². The van der Waals surface area contributed by atoms with E-state index in [4.69, 9.17) is 0 Å². The van der Waals surface area contributed by atoms with Gasteiger partial charge in [-0.05, 0) is 31.7 Å². The predicted octanol–water partition coefficient (Wildman–Crippen LogP) is 3.00. The van der Waals surface area contributed by atoms with Gasteiger partial charge in [-0.25, -0.2) is 4.98 Å². The molecule has 0 aliphatic heterocycles. The van der Waals surface area contributed by atoms with Crippen LogP contribution in [-0.2, 0) is 6.54 Å². The first-order valence-electron chi connectivity index (χ1n) is 6.10. The van der Waals surface area contributed by atoms with Crippen molar-refractivity contribution in [2.45, 2.75) is 13.5 Å². The molecule has 2 aromatic rings. The molecular weight excluding hydrogens is 242 g/mol. The summed E-state index contributed by atoms with van der Waals surface area (Å²) >= 11 is 1.65. The van der Waals surface area contributed by atoms with Gasteiger partial charge in [0, 0.05) is 30.7 Å². The maximum atomic E-state index is 4.29. The van der Waals surface area contributed by atoms with Crippen LogP contribution in [-0.4, -0.2) is 30.0 Å². The summed E-state index contributed by atoms with van der Waals surface area (Å²) < 4.78 is 0. The second kappa shape index (κ2) is 6.52. The van der Waals surface area contributed by atoms with Gasteiger partial charge in [0.05, 0.1) is 11.2 Å². The monoisotopic (exact) mass is 261 g/mol. The molecule has 3 nitrogen and oxygen atoms in total. The van der Waals surface area contributed by atoms with Crippen LogP contribution in [0.5, 0.6) is 0 Å². The highest BCUT2D eigenvalue weighted by Gasteiger charge is 2.01. The molecule has 0 unspecified atom stereocenters. The largest absolute Gasteiger partial charge is 0.384 e. The Balaban J connectivity index is 1.72. The van der Waals surface area contributed by atoms with Crippen molar-refractivity contribution in [2.75, 3.05) is 25.5 Å². The zero-order valence-corrected chi connectivity index (χ0v) is 11.7. The van der Waals surface area contributed by atoms with E-state index in [-0.39, 0.29) is 0 Å². The highest BCUT2D eigenvalue weighted by Crippen LogP contribution is 2.09. The van der Waals surface area contributed by atoms with Crippen molar-refractivity contribution in [3.63, 3.8) is 0 Å². The number of hydrogen-bond acceptors (Lipinski definition) is 4. The van der Waals surface area contributed by atoms with Crippen molar-refractivity contribution >= 4 is 17.0 Å². The standard InChI is InChI=1S/C14H19N3S/c1-12-4-3-5-13(8-12)15-6-7-17(2)9-14-10-18-11-16-14/h3-5,8,10-11,15H,6-7,9H2,1-2H3. The average Bonchev–Trinajstić information content (AvgIpc) is 2.82. The first-order valence-corrected chi connectivity index (χ1v) is 7.04. The van der Waals surface area contributed by atoms with E-state index >= 15 is 0 Å². The maximum absolute atomic E-state index is 4.29. The van der Waals surface area contributed by atoms with E-state index in [0.29, 0.717) is 0 Å². The summed E-state index contributed by atoms with van der Waals surface area (Å²) in [6, 6.07) is 8.46. The van der Waals surface area contributed by atoms with Gasteiger partial charge in [0.25, 0.3) is 0 Å². The van der Waals surface area contributed by atoms with Gasteiger partial charge in [0.15, 0.2) is 0 Å². The zero-order valence-electron chi connectivity index (χ0n) is 10.9. The highest BCUT2D eigenvalue weighted by atomic mass is 32.1. The molecule has 0 saturated heterocycles. The van der Waals surface area contributed by atoms with Gasteiger partial charge in [0.2, 0.25) is 0 Å². The fraction of sp³-hybridized carbons (Fsp3) is 0.357. The van der Waals surface area contributed by atoms with Crippen molar-refractivity contribution in [3.05, 3.63) is 46.4 Å². The van der Waals surface area contributed by atoms with Crippen molar-refractivity contribution < 1.29 is 0 Å². The van der Waals surface area contributed by atoms with E-state index in [0.717, 1.165) is 25.3 Å². The molecule has 0 spiro atoms. The topological polar surface area (TPSA) is 28.2 Å². The minimum Gasteiger partial charge on any atom is -0.384 e. The Morgan fingerprint density at radius 1 is 1.39 bits per heavy atom. The van der Waals surface area contributed by atoms with Crippen LogP contribution >= 0.6 is 11.3 Å². The molecule has 0 radical (unpaired) electrons. The lowest BCUT2D eigenvalue weighted by Crippen LogP contribution is -2.24. The summed E-state index contributed by atoms with van der Waals surface area (Å²) in [5, 5.41) is 5.54. The van der Waals surface area contributed by atoms with E-state index in [2.05, 4.69) is 58.8 Å². The van der Waals surface area contributed by atoms with Crippen LogP contribution in [0.25, 0.3) is 0 Å². The molecule has 0 amide bonds. The molecule has 0 saturated carbocycles. The van der Waals surface area contributed by atoms with Crippen LogP contribution < -0.4 is 5.32 Å². The minimum atomic E-state index is 0.916. The molecular formula is C14H19N3S. The number of anilines is 1. The molecule has 0 aliphatic carbocycles. The SMILES string of the molecule is Cc1cccc(NCCN(C)Cc2cscn2)c1. The first kappa shape index (κ1) is 13.1. The van der Waals surface area contributed by atoms with Gasteiger partial charge < -0.3 is 5.32 Å². The molecule has 0 fully saturated rings. The van der Waals surface area contributed by atoms with Crippen LogP contribution in [0, 0.1) is 6.92 Å². The van der Waals surface area contributed by atoms with Crippen LogP contribution in [0.1, 0.15) is 11.3 Å². The molecule has 1 aromatic carbocycles. The number of thiazole rings is 1. The van der Waals surface area contributed by atoms with Crippen molar-refractivity contribution in [1.82, 2.24) is 9.88 Å². The molecule has 0 bridgehead atoms. The molecule has 2 rings (SSSR count). The molecule has 4 heteroatoms. The van der Waals surface area contributed by atoms with Crippen molar-refractivity contribution in [1.29, 1.82) is 0 Å². The molecule has 1 N–H and O–H groups in total. The molecule has 0 atom stereocenters. The number of hydrogen-bond donors (Lipinski definition) is 1. The number of aromatic nitrogens is 1. The van der Waals surface area contributed by atoms with Crippen molar-refractivity contribution in [2.24, 2.45) is 0 Å². The van der Waals surface area contributed by atoms with E-state index < -0.39 is 0 Å². The van der Waals surface area contributed by atoms with Crippen LogP contribution in [0.4, 0.5) is 5.69 Å². The number of aryl methyl sites for hydroxylation is 1. The minimum absolute atomic E-state index is 0.916. The summed E-state index contributed by atoms with van der Waals surface area (Å²) in [4.78, 5) is 6.57. The van der Waals surface area contributed by atoms with Crippen LogP contribution in [0.15, 0.2) is 35.2 Å². The molecule has 0 aliphatic rings. The smallest absolute Gasteiger partial charge is 0.0795 e. The quantitative estimate of drug-likeness (QED) is 0.866. The van der Waals surface area contributed by atoms with Crippen molar-refractivity contribution in [3.8, 4) is 0 Å². The van der Waals surface area contributed by atoms with E-state index in [9.17, 15) is 0 Å². The summed E-state index contributed by atoms with van der Waals surface area (Å²) in [5.41, 5.74) is 5.51. The third kappa shape index (κ3) is 4.13. The number of likely N-dealkylation sites (N-methyl/N-ethyl adjacent to an activating group) is 1. The van der Waals surface area contributed by atoms with Gasteiger partial charge in [0.1, 0.15) is 0 Å². The third-order valence-electron chi connectivity index (χ3n) is 2.76. The maximum Gasteiger partial charge on any atom is 0.0795 e. The number of rotatable bonds is 6. The lowest BCUT2D eigenvalue weighted by atomic mass is 10.2. The fourth-order valence-corrected chi connectivity index (χ4v) is 2.37. The number of nitrogens with one attached hydrogen (secondary N) is 1. The van der Waals surface area contributed by atoms with Gasteiger partial charge in [-0.2, -0.15) is 0 Å². The Morgan fingerprint density at radius 2 is 2.28 bits per heavy atom. The third-order valence-corrected chi connectivity index (χ3v) is 3.39. The summed E-state index contributed by atoms with van der Waals surface area (Å²) in [7, 11) is 2.12. The van der Waals surface area contributed by atoms with Gasteiger partial charge >= 0.3 is 0 Å². The average molecular weight is 261 g/mol. The Morgan fingerprint density at radius 3 is 3.00 bits per heavy atom. The van der Waals surface area contributed by atoms with Gasteiger partial charge in [-0.3, -0.25) is 4.90 Å². The molecule has 18 heavy (non-hydrogen) atoms. The zero-order chi connectivity index (χ0) is 12.8. The lowest BCUT2D eigenvalue weighted by Gasteiger charge is -2.16. The predicted molar refractivity (Wildman–Crippen MR) is 78.1 cm³/mol. The summed E-state index contributed by atoms with van der Waals surface area (Å²) in [6.45, 7) is 4.98.